The van der Waals surface area contributed by atoms with Gasteiger partial charge in [0.25, 0.3) is 0 Å². The molecule has 8 aromatic rings. The summed E-state index contributed by atoms with van der Waals surface area (Å²) in [5, 5.41) is -2.78. The van der Waals surface area contributed by atoms with Crippen LogP contribution in [0, 0.1) is 6.92 Å². The second-order valence-corrected chi connectivity index (χ2v) is 8.76. The quantitative estimate of drug-likeness (QED) is 0.206. The average Bonchev–Trinajstić information content (AvgIpc) is 3.67. The van der Waals surface area contributed by atoms with Crippen molar-refractivity contribution >= 4 is 43.5 Å². The second-order valence-electron chi connectivity index (χ2n) is 8.76. The molecule has 1 aromatic heterocycles. The maximum Gasteiger partial charge on any atom is 0.136 e. The van der Waals surface area contributed by atoms with Crippen LogP contribution in [0.15, 0.2) is 143 Å². The summed E-state index contributed by atoms with van der Waals surface area (Å²) >= 11 is 0. The fourth-order valence-electron chi connectivity index (χ4n) is 4.79. The van der Waals surface area contributed by atoms with Crippen LogP contribution in [0.2, 0.25) is 0 Å². The predicted molar refractivity (Wildman–Crippen MR) is 170 cm³/mol. The van der Waals surface area contributed by atoms with Crippen LogP contribution in [0.1, 0.15) is 37.1 Å². The average molecular weight is 534 g/mol. The highest BCUT2D eigenvalue weighted by Crippen LogP contribution is 2.45. The van der Waals surface area contributed by atoms with Crippen LogP contribution in [0.4, 0.5) is 0 Å². The van der Waals surface area contributed by atoms with Gasteiger partial charge in [0.1, 0.15) is 11.2 Å². The van der Waals surface area contributed by atoms with E-state index >= 15 is 0 Å². The highest BCUT2D eigenvalue weighted by molar-refractivity contribution is 6.22. The maximum atomic E-state index is 9.50. The predicted octanol–water partition coefficient (Wildman–Crippen LogP) is 11.2. The maximum absolute atomic E-state index is 9.50. The van der Waals surface area contributed by atoms with E-state index in [1.54, 1.807) is 0 Å². The molecule has 0 saturated carbocycles. The number of hydrogen-bond donors (Lipinski definition) is 0. The molecule has 0 aliphatic heterocycles. The Hall–Kier alpha value is -5.14. The van der Waals surface area contributed by atoms with Gasteiger partial charge in [-0.15, -0.1) is 0 Å². The Bertz CT molecular complexity index is 3360. The van der Waals surface area contributed by atoms with E-state index in [-0.39, 0.29) is 28.0 Å². The Kier molecular flexibility index (Phi) is 2.13. The third-order valence-corrected chi connectivity index (χ3v) is 6.51. The summed E-state index contributed by atoms with van der Waals surface area (Å²) in [5.41, 5.74) is -4.77. The van der Waals surface area contributed by atoms with Gasteiger partial charge in [-0.05, 0) is 85.5 Å². The van der Waals surface area contributed by atoms with E-state index < -0.39 is 193 Å². The van der Waals surface area contributed by atoms with Crippen molar-refractivity contribution in [2.45, 2.75) is 6.92 Å². The second kappa shape index (κ2) is 8.97. The van der Waals surface area contributed by atoms with E-state index in [0.29, 0.717) is 0 Å². The molecule has 0 fully saturated rings. The van der Waals surface area contributed by atoms with Gasteiger partial charge in [0.2, 0.25) is 0 Å². The number of hydrogen-bond acceptors (Lipinski definition) is 1. The minimum Gasteiger partial charge on any atom is -0.456 e. The molecule has 8 rings (SSSR count). The third kappa shape index (κ3) is 3.48. The summed E-state index contributed by atoms with van der Waals surface area (Å²) in [5.74, 6) is 0. The van der Waals surface area contributed by atoms with Crippen molar-refractivity contribution in [3.05, 3.63) is 145 Å². The van der Waals surface area contributed by atoms with Crippen molar-refractivity contribution in [2.24, 2.45) is 0 Å². The van der Waals surface area contributed by atoms with E-state index in [1.807, 2.05) is 0 Å². The fourth-order valence-corrected chi connectivity index (χ4v) is 4.79. The first kappa shape index (κ1) is 9.50. The van der Waals surface area contributed by atoms with Gasteiger partial charge >= 0.3 is 0 Å². The third-order valence-electron chi connectivity index (χ3n) is 6.51. The molecule has 0 amide bonds. The summed E-state index contributed by atoms with van der Waals surface area (Å²) in [6.07, 6.45) is 0. The summed E-state index contributed by atoms with van der Waals surface area (Å²) < 4.78 is 209. The molecular weight excluding hydrogens is 484 g/mol. The normalized spacial score (nSPS) is 19.7. The summed E-state index contributed by atoms with van der Waals surface area (Å²) in [7, 11) is 0. The van der Waals surface area contributed by atoms with Crippen LogP contribution in [0.25, 0.3) is 76.9 Å². The molecule has 40 heavy (non-hydrogen) atoms. The van der Waals surface area contributed by atoms with Crippen molar-refractivity contribution in [2.75, 3.05) is 0 Å². The largest absolute Gasteiger partial charge is 0.456 e. The molecule has 0 aliphatic rings. The zero-order valence-corrected chi connectivity index (χ0v) is 20.4. The molecule has 7 aromatic carbocycles. The van der Waals surface area contributed by atoms with Gasteiger partial charge in [0.15, 0.2) is 0 Å². The molecule has 0 saturated heterocycles. The van der Waals surface area contributed by atoms with E-state index in [0.717, 1.165) is 0 Å². The van der Waals surface area contributed by atoms with Gasteiger partial charge < -0.3 is 4.42 Å². The Labute approximate surface area is 265 Å². The fraction of sp³-hybridized carbons (Fsp3) is 0.0256. The standard InChI is InChI=1S/C39H26O/c1-25-10-9-17-35-37(25)34-23-22-29(24-36(34)40-35)39-32-15-7-5-13-30(32)38(31-14-6-8-16-33(31)39)28-20-18-27(19-21-28)26-11-3-2-4-12-26/h2-24H,1H3/i2D,3D,4D,5D,6D,7D,8D,9D,10D,11D,12D,13D,14D,15D,16D,17D,18D,19D,20D,21D,22D,23D,24D. The van der Waals surface area contributed by atoms with Crippen LogP contribution in [-0.4, -0.2) is 0 Å². The monoisotopic (exact) mass is 533 g/mol. The molecule has 188 valence electrons. The molecule has 0 aliphatic carbocycles. The summed E-state index contributed by atoms with van der Waals surface area (Å²) in [6, 6.07) is -19.2. The van der Waals surface area contributed by atoms with Crippen LogP contribution >= 0.6 is 0 Å². The molecule has 1 nitrogen and oxygen atoms in total. The van der Waals surface area contributed by atoms with Gasteiger partial charge in [-0.3, -0.25) is 0 Å². The van der Waals surface area contributed by atoms with Crippen molar-refractivity contribution < 1.29 is 35.9 Å². The number of rotatable bonds is 3. The lowest BCUT2D eigenvalue weighted by atomic mass is 9.85. The Morgan fingerprint density at radius 2 is 0.950 bits per heavy atom. The molecule has 0 unspecified atom stereocenters. The molecular formula is C39H26O. The van der Waals surface area contributed by atoms with E-state index in [2.05, 4.69) is 0 Å². The highest BCUT2D eigenvalue weighted by atomic mass is 16.3. The first-order chi connectivity index (χ1) is 29.3. The Morgan fingerprint density at radius 3 is 1.60 bits per heavy atom. The first-order valence-electron chi connectivity index (χ1n) is 23.4. The van der Waals surface area contributed by atoms with Gasteiger partial charge in [0, 0.05) is 10.8 Å². The summed E-state index contributed by atoms with van der Waals surface area (Å²) in [4.78, 5) is 0. The SMILES string of the molecule is [2H]c1c([2H])c([2H])c(-c2c([2H])c([2H])c(-c3c4c([2H])c([2H])c([2H])c([2H])c4c(-c4c([2H])c([2H])c5c(oc6c([2H])c([2H])c([2H])c(C)c65)c4[2H])c4c([2H])c([2H])c([2H])c([2H])c34)c([2H])c2[2H])c([2H])c1[2H]. The van der Waals surface area contributed by atoms with Gasteiger partial charge in [-0.2, -0.15) is 0 Å². The molecule has 1 heterocycles. The Morgan fingerprint density at radius 1 is 0.425 bits per heavy atom. The van der Waals surface area contributed by atoms with E-state index in [9.17, 15) is 12.3 Å². The smallest absolute Gasteiger partial charge is 0.136 e. The van der Waals surface area contributed by atoms with Gasteiger partial charge in [-0.25, -0.2) is 0 Å². The van der Waals surface area contributed by atoms with Crippen molar-refractivity contribution in [1.29, 1.82) is 0 Å². The Balaban J connectivity index is 1.67. The number of furan rings is 1. The zero-order chi connectivity index (χ0) is 46.6. The molecule has 1 heteroatoms. The zero-order valence-electron chi connectivity index (χ0n) is 43.4. The molecule has 0 atom stereocenters. The van der Waals surface area contributed by atoms with Crippen molar-refractivity contribution in [1.82, 2.24) is 0 Å². The topological polar surface area (TPSA) is 13.1 Å². The van der Waals surface area contributed by atoms with Crippen LogP contribution in [0.5, 0.6) is 0 Å². The van der Waals surface area contributed by atoms with Crippen LogP contribution in [0.3, 0.4) is 0 Å². The lowest BCUT2D eigenvalue weighted by Crippen LogP contribution is -1.91. The first-order valence-corrected chi connectivity index (χ1v) is 11.9. The van der Waals surface area contributed by atoms with Crippen LogP contribution < -0.4 is 0 Å². The molecule has 0 spiro atoms. The van der Waals surface area contributed by atoms with Crippen molar-refractivity contribution in [3.8, 4) is 33.4 Å². The molecule has 0 bridgehead atoms. The van der Waals surface area contributed by atoms with Crippen molar-refractivity contribution in [3.63, 3.8) is 0 Å². The van der Waals surface area contributed by atoms with E-state index in [4.69, 9.17) is 23.6 Å². The number of fused-ring (bicyclic) bond motifs is 5. The van der Waals surface area contributed by atoms with E-state index in [1.165, 1.54) is 6.92 Å². The minimum absolute atomic E-state index is 0.0150. The molecule has 0 N–H and O–H groups in total. The minimum atomic E-state index is -1.00. The lowest BCUT2D eigenvalue weighted by molar-refractivity contribution is 0.669. The number of benzene rings is 7. The lowest BCUT2D eigenvalue weighted by Gasteiger charge is -2.18. The molecule has 0 radical (unpaired) electrons. The van der Waals surface area contributed by atoms with Gasteiger partial charge in [0.05, 0.1) is 31.5 Å². The number of aryl methyl sites for hydroxylation is 1. The summed E-state index contributed by atoms with van der Waals surface area (Å²) in [6.45, 7) is 1.42. The van der Waals surface area contributed by atoms with Crippen LogP contribution in [-0.2, 0) is 0 Å². The van der Waals surface area contributed by atoms with Gasteiger partial charge in [-0.1, -0.05) is 121 Å². The highest BCUT2D eigenvalue weighted by Gasteiger charge is 2.18.